The van der Waals surface area contributed by atoms with Gasteiger partial charge in [0.05, 0.1) is 0 Å². The molecule has 0 fully saturated rings. The summed E-state index contributed by atoms with van der Waals surface area (Å²) in [5, 5.41) is 0. The van der Waals surface area contributed by atoms with Crippen LogP contribution >= 0.6 is 34.0 Å². The van der Waals surface area contributed by atoms with Crippen LogP contribution in [0.4, 0.5) is 30.2 Å². The first-order valence-corrected chi connectivity index (χ1v) is 20.1. The van der Waals surface area contributed by atoms with E-state index in [4.69, 9.17) is 0 Å². The molecule has 0 unspecified atom stereocenters. The second kappa shape index (κ2) is 15.0. The summed E-state index contributed by atoms with van der Waals surface area (Å²) in [6.07, 6.45) is 0. The number of thiophene rings is 3. The Bertz CT molecular complexity index is 2390. The Labute approximate surface area is 329 Å². The van der Waals surface area contributed by atoms with E-state index in [0.717, 1.165) is 79.7 Å². The molecule has 0 saturated heterocycles. The van der Waals surface area contributed by atoms with E-state index in [-0.39, 0.29) is 17.5 Å². The lowest BCUT2D eigenvalue weighted by molar-refractivity contribution is 0.627. The third kappa shape index (κ3) is 7.42. The molecule has 3 heterocycles. The summed E-state index contributed by atoms with van der Waals surface area (Å²) in [4.78, 5) is 8.94. The van der Waals surface area contributed by atoms with Crippen molar-refractivity contribution in [3.05, 3.63) is 199 Å². The summed E-state index contributed by atoms with van der Waals surface area (Å²) < 4.78 is 40.6. The van der Waals surface area contributed by atoms with Crippen molar-refractivity contribution in [2.75, 3.05) is 4.90 Å². The zero-order valence-corrected chi connectivity index (χ0v) is 31.6. The lowest BCUT2D eigenvalue weighted by Gasteiger charge is -2.26. The van der Waals surface area contributed by atoms with Gasteiger partial charge in [0.25, 0.3) is 0 Å². The fourth-order valence-corrected chi connectivity index (χ4v) is 9.61. The summed E-state index contributed by atoms with van der Waals surface area (Å²) in [7, 11) is 0. The van der Waals surface area contributed by atoms with Crippen molar-refractivity contribution in [2.24, 2.45) is 0 Å². The predicted molar refractivity (Wildman–Crippen MR) is 227 cm³/mol. The molecule has 0 amide bonds. The fraction of sp³-hybridized carbons (Fsp3) is 0. The molecule has 1 nitrogen and oxygen atoms in total. The van der Waals surface area contributed by atoms with Gasteiger partial charge in [0.15, 0.2) is 0 Å². The quantitative estimate of drug-likeness (QED) is 0.141. The molecule has 0 atom stereocenters. The molecular formula is C48H30F3NS3. The van der Waals surface area contributed by atoms with E-state index >= 15 is 0 Å². The lowest BCUT2D eigenvalue weighted by Crippen LogP contribution is -2.09. The molecule has 0 aliphatic heterocycles. The minimum absolute atomic E-state index is 0.241. The average molecular weight is 774 g/mol. The van der Waals surface area contributed by atoms with Crippen LogP contribution in [-0.4, -0.2) is 0 Å². The third-order valence-corrected chi connectivity index (χ3v) is 13.0. The third-order valence-electron chi connectivity index (χ3n) is 9.43. The van der Waals surface area contributed by atoms with Gasteiger partial charge in [-0.1, -0.05) is 72.8 Å². The van der Waals surface area contributed by atoms with Crippen LogP contribution in [0.3, 0.4) is 0 Å². The van der Waals surface area contributed by atoms with Gasteiger partial charge in [-0.2, -0.15) is 0 Å². The van der Waals surface area contributed by atoms with Crippen LogP contribution in [0.5, 0.6) is 0 Å². The highest BCUT2D eigenvalue weighted by Gasteiger charge is 2.16. The Balaban J connectivity index is 1.03. The van der Waals surface area contributed by atoms with Crippen molar-refractivity contribution in [3.63, 3.8) is 0 Å². The van der Waals surface area contributed by atoms with Crippen molar-refractivity contribution >= 4 is 51.1 Å². The topological polar surface area (TPSA) is 3.24 Å². The molecule has 7 heteroatoms. The standard InChI is InChI=1S/C48H30F3NS3/c49-37-13-1-31(2-14-37)43-25-28-46(53-43)34-7-19-40(20-8-34)52(41-21-9-35(10-22-41)47-29-26-44(54-47)32-3-15-38(50)16-4-32)42-23-11-36(12-24-42)48-30-27-45(55-48)33-5-17-39(51)18-6-33/h1-30H. The average Bonchev–Trinajstić information content (AvgIpc) is 4.03. The molecule has 9 aromatic rings. The van der Waals surface area contributed by atoms with Crippen LogP contribution in [0.15, 0.2) is 182 Å². The molecule has 0 N–H and O–H groups in total. The number of hydrogen-bond acceptors (Lipinski definition) is 4. The predicted octanol–water partition coefficient (Wildman–Crippen LogP) is 15.8. The second-order valence-corrected chi connectivity index (χ2v) is 16.2. The molecular weight excluding hydrogens is 744 g/mol. The second-order valence-electron chi connectivity index (χ2n) is 13.0. The van der Waals surface area contributed by atoms with Crippen LogP contribution in [-0.2, 0) is 0 Å². The lowest BCUT2D eigenvalue weighted by atomic mass is 10.1. The van der Waals surface area contributed by atoms with Gasteiger partial charge < -0.3 is 4.90 Å². The Hall–Kier alpha value is -5.99. The van der Waals surface area contributed by atoms with Gasteiger partial charge in [-0.25, -0.2) is 13.2 Å². The van der Waals surface area contributed by atoms with Gasteiger partial charge in [0.2, 0.25) is 0 Å². The minimum atomic E-state index is -0.241. The first kappa shape index (κ1) is 34.8. The maximum atomic E-state index is 13.5. The van der Waals surface area contributed by atoms with E-state index in [9.17, 15) is 13.2 Å². The Kier molecular flexibility index (Phi) is 9.50. The summed E-state index contributed by atoms with van der Waals surface area (Å²) >= 11 is 5.06. The molecule has 9 rings (SSSR count). The smallest absolute Gasteiger partial charge is 0.123 e. The van der Waals surface area contributed by atoms with E-state index in [0.29, 0.717) is 0 Å². The van der Waals surface area contributed by atoms with Crippen LogP contribution < -0.4 is 4.90 Å². The molecule has 55 heavy (non-hydrogen) atoms. The molecule has 266 valence electrons. The molecule has 0 radical (unpaired) electrons. The number of halogens is 3. The Morgan fingerprint density at radius 3 is 0.618 bits per heavy atom. The zero-order chi connectivity index (χ0) is 37.3. The van der Waals surface area contributed by atoms with Crippen LogP contribution in [0, 0.1) is 17.5 Å². The van der Waals surface area contributed by atoms with Gasteiger partial charge in [-0.15, -0.1) is 34.0 Å². The monoisotopic (exact) mass is 773 g/mol. The molecule has 3 aromatic heterocycles. The summed E-state index contributed by atoms with van der Waals surface area (Å²) in [5.41, 5.74) is 9.37. The first-order valence-electron chi connectivity index (χ1n) is 17.6. The van der Waals surface area contributed by atoms with Crippen LogP contribution in [0.2, 0.25) is 0 Å². The first-order chi connectivity index (χ1) is 26.9. The van der Waals surface area contributed by atoms with Crippen molar-refractivity contribution in [1.29, 1.82) is 0 Å². The van der Waals surface area contributed by atoms with E-state index in [1.807, 2.05) is 36.4 Å². The van der Waals surface area contributed by atoms with Crippen molar-refractivity contribution in [2.45, 2.75) is 0 Å². The summed E-state index contributed by atoms with van der Waals surface area (Å²) in [5.74, 6) is -0.722. The highest BCUT2D eigenvalue weighted by atomic mass is 32.1. The maximum Gasteiger partial charge on any atom is 0.123 e. The van der Waals surface area contributed by atoms with E-state index in [2.05, 4.69) is 114 Å². The molecule has 0 saturated carbocycles. The number of nitrogens with zero attached hydrogens (tertiary/aromatic N) is 1. The highest BCUT2D eigenvalue weighted by Crippen LogP contribution is 2.42. The largest absolute Gasteiger partial charge is 0.311 e. The zero-order valence-electron chi connectivity index (χ0n) is 29.1. The van der Waals surface area contributed by atoms with Gasteiger partial charge >= 0.3 is 0 Å². The summed E-state index contributed by atoms with van der Waals surface area (Å²) in [6.45, 7) is 0. The van der Waals surface area contributed by atoms with Crippen LogP contribution in [0.25, 0.3) is 62.6 Å². The normalized spacial score (nSPS) is 11.2. The fourth-order valence-electron chi connectivity index (χ4n) is 6.56. The van der Waals surface area contributed by atoms with Crippen molar-refractivity contribution in [3.8, 4) is 62.6 Å². The van der Waals surface area contributed by atoms with Gasteiger partial charge in [0, 0.05) is 46.3 Å². The molecule has 0 aliphatic rings. The number of anilines is 3. The molecule has 0 spiro atoms. The number of hydrogen-bond donors (Lipinski definition) is 0. The Morgan fingerprint density at radius 1 is 0.236 bits per heavy atom. The maximum absolute atomic E-state index is 13.5. The van der Waals surface area contributed by atoms with E-state index in [1.54, 1.807) is 34.0 Å². The molecule has 6 aromatic carbocycles. The molecule has 0 bridgehead atoms. The van der Waals surface area contributed by atoms with Crippen LogP contribution in [0.1, 0.15) is 0 Å². The highest BCUT2D eigenvalue weighted by molar-refractivity contribution is 7.19. The molecule has 0 aliphatic carbocycles. The SMILES string of the molecule is Fc1ccc(-c2ccc(-c3ccc(N(c4ccc(-c5ccc(-c6ccc(F)cc6)s5)cc4)c4ccc(-c5ccc(-c6ccc(F)cc6)s5)cc4)cc3)s2)cc1. The van der Waals surface area contributed by atoms with Crippen molar-refractivity contribution < 1.29 is 13.2 Å². The van der Waals surface area contributed by atoms with Gasteiger partial charge in [-0.05, 0) is 143 Å². The minimum Gasteiger partial charge on any atom is -0.311 e. The van der Waals surface area contributed by atoms with E-state index < -0.39 is 0 Å². The van der Waals surface area contributed by atoms with E-state index in [1.165, 1.54) is 36.4 Å². The number of rotatable bonds is 9. The summed E-state index contributed by atoms with van der Waals surface area (Å²) in [6, 6.07) is 58.3. The number of benzene rings is 6. The Morgan fingerprint density at radius 2 is 0.418 bits per heavy atom. The van der Waals surface area contributed by atoms with Crippen molar-refractivity contribution in [1.82, 2.24) is 0 Å². The van der Waals surface area contributed by atoms with Gasteiger partial charge in [-0.3, -0.25) is 0 Å². The van der Waals surface area contributed by atoms with Gasteiger partial charge in [0.1, 0.15) is 17.5 Å².